The van der Waals surface area contributed by atoms with E-state index in [0.717, 1.165) is 0 Å². The van der Waals surface area contributed by atoms with E-state index in [-0.39, 0.29) is 19.2 Å². The standard InChI is InChI=1S/C6H14NO4P/c1-2-6(8)9-3-5(11-7)4-10-12/h5H,2-4,7,12H2,1H3. The Morgan fingerprint density at radius 2 is 2.25 bits per heavy atom. The average Bonchev–Trinajstić information content (AvgIpc) is 2.11. The van der Waals surface area contributed by atoms with Gasteiger partial charge in [0.1, 0.15) is 12.7 Å². The molecule has 0 bridgehead atoms. The molecule has 0 amide bonds. The highest BCUT2D eigenvalue weighted by Gasteiger charge is 2.09. The number of carbonyl (C=O) groups is 1. The lowest BCUT2D eigenvalue weighted by Gasteiger charge is -2.12. The normalized spacial score (nSPS) is 12.6. The topological polar surface area (TPSA) is 70.8 Å². The van der Waals surface area contributed by atoms with Crippen LogP contribution in [0.2, 0.25) is 0 Å². The van der Waals surface area contributed by atoms with Crippen LogP contribution in [0.15, 0.2) is 0 Å². The van der Waals surface area contributed by atoms with Crippen LogP contribution >= 0.6 is 9.47 Å². The summed E-state index contributed by atoms with van der Waals surface area (Å²) < 4.78 is 9.44. The van der Waals surface area contributed by atoms with E-state index < -0.39 is 6.10 Å². The molecule has 0 spiro atoms. The first kappa shape index (κ1) is 11.8. The van der Waals surface area contributed by atoms with Crippen molar-refractivity contribution < 1.29 is 18.9 Å². The van der Waals surface area contributed by atoms with Crippen LogP contribution in [0.25, 0.3) is 0 Å². The number of hydrogen-bond acceptors (Lipinski definition) is 5. The van der Waals surface area contributed by atoms with Crippen LogP contribution in [0, 0.1) is 0 Å². The summed E-state index contributed by atoms with van der Waals surface area (Å²) in [5.74, 6) is 4.63. The van der Waals surface area contributed by atoms with Crippen molar-refractivity contribution in [1.29, 1.82) is 0 Å². The molecule has 0 aromatic rings. The second kappa shape index (κ2) is 7.43. The maximum Gasteiger partial charge on any atom is 0.305 e. The van der Waals surface area contributed by atoms with Crippen LogP contribution in [0.3, 0.4) is 0 Å². The molecule has 5 nitrogen and oxygen atoms in total. The summed E-state index contributed by atoms with van der Waals surface area (Å²) in [5.41, 5.74) is 0. The van der Waals surface area contributed by atoms with Crippen molar-refractivity contribution in [3.05, 3.63) is 0 Å². The lowest BCUT2D eigenvalue weighted by molar-refractivity contribution is -0.148. The summed E-state index contributed by atoms with van der Waals surface area (Å²) in [4.78, 5) is 15.1. The Balaban J connectivity index is 3.50. The summed E-state index contributed by atoms with van der Waals surface area (Å²) in [6, 6.07) is 0. The minimum Gasteiger partial charge on any atom is -0.463 e. The van der Waals surface area contributed by atoms with Gasteiger partial charge < -0.3 is 9.26 Å². The molecule has 0 radical (unpaired) electrons. The van der Waals surface area contributed by atoms with Gasteiger partial charge in [-0.05, 0) is 0 Å². The van der Waals surface area contributed by atoms with Crippen molar-refractivity contribution in [3.63, 3.8) is 0 Å². The van der Waals surface area contributed by atoms with E-state index in [2.05, 4.69) is 18.8 Å². The Kier molecular flexibility index (Phi) is 7.29. The predicted molar refractivity (Wildman–Crippen MR) is 46.0 cm³/mol. The average molecular weight is 195 g/mol. The number of rotatable bonds is 6. The minimum absolute atomic E-state index is 0.123. The van der Waals surface area contributed by atoms with Crippen molar-refractivity contribution >= 4 is 15.4 Å². The molecule has 0 saturated carbocycles. The van der Waals surface area contributed by atoms with Crippen molar-refractivity contribution in [1.82, 2.24) is 0 Å². The Labute approximate surface area is 73.8 Å². The number of hydrogen-bond donors (Lipinski definition) is 1. The van der Waals surface area contributed by atoms with Crippen molar-refractivity contribution in [2.45, 2.75) is 19.4 Å². The van der Waals surface area contributed by atoms with Gasteiger partial charge >= 0.3 is 5.97 Å². The molecule has 2 atom stereocenters. The molecule has 0 aromatic heterocycles. The van der Waals surface area contributed by atoms with E-state index in [1.54, 1.807) is 6.92 Å². The van der Waals surface area contributed by atoms with Gasteiger partial charge in [-0.2, -0.15) is 0 Å². The monoisotopic (exact) mass is 195 g/mol. The molecule has 0 rings (SSSR count). The molecule has 0 saturated heterocycles. The molecule has 0 heterocycles. The molecule has 0 aliphatic rings. The lowest BCUT2D eigenvalue weighted by Crippen LogP contribution is -2.28. The van der Waals surface area contributed by atoms with Crippen LogP contribution in [0.4, 0.5) is 0 Å². The summed E-state index contributed by atoms with van der Waals surface area (Å²) >= 11 is 0. The van der Waals surface area contributed by atoms with E-state index in [1.807, 2.05) is 0 Å². The van der Waals surface area contributed by atoms with Crippen LogP contribution in [-0.4, -0.2) is 25.3 Å². The Morgan fingerprint density at radius 1 is 1.58 bits per heavy atom. The molecular weight excluding hydrogens is 181 g/mol. The Hall–Kier alpha value is -0.220. The summed E-state index contributed by atoms with van der Waals surface area (Å²) in [7, 11) is 2.06. The largest absolute Gasteiger partial charge is 0.463 e. The molecule has 0 aliphatic heterocycles. The zero-order chi connectivity index (χ0) is 9.40. The highest BCUT2D eigenvalue weighted by molar-refractivity contribution is 7.09. The third-order valence-electron chi connectivity index (χ3n) is 1.19. The van der Waals surface area contributed by atoms with Gasteiger partial charge in [0.2, 0.25) is 0 Å². The van der Waals surface area contributed by atoms with E-state index in [4.69, 9.17) is 10.6 Å². The van der Waals surface area contributed by atoms with E-state index >= 15 is 0 Å². The quantitative estimate of drug-likeness (QED) is 0.367. The van der Waals surface area contributed by atoms with Gasteiger partial charge in [-0.15, -0.1) is 0 Å². The van der Waals surface area contributed by atoms with E-state index in [9.17, 15) is 4.79 Å². The van der Waals surface area contributed by atoms with Gasteiger partial charge in [-0.3, -0.25) is 9.63 Å². The fourth-order valence-electron chi connectivity index (χ4n) is 0.522. The Bertz CT molecular complexity index is 133. The third-order valence-corrected chi connectivity index (χ3v) is 1.39. The van der Waals surface area contributed by atoms with Gasteiger partial charge in [0.15, 0.2) is 0 Å². The van der Waals surface area contributed by atoms with Crippen LogP contribution < -0.4 is 5.90 Å². The van der Waals surface area contributed by atoms with Crippen molar-refractivity contribution in [2.24, 2.45) is 5.90 Å². The molecule has 72 valence electrons. The highest BCUT2D eigenvalue weighted by atomic mass is 31.0. The number of esters is 1. The number of ether oxygens (including phenoxy) is 1. The zero-order valence-electron chi connectivity index (χ0n) is 6.99. The number of nitrogens with two attached hydrogens (primary N) is 1. The summed E-state index contributed by atoms with van der Waals surface area (Å²) in [6.07, 6.45) is -0.0584. The first-order chi connectivity index (χ1) is 5.74. The maximum atomic E-state index is 10.7. The third kappa shape index (κ3) is 5.43. The first-order valence-corrected chi connectivity index (χ1v) is 4.04. The summed E-state index contributed by atoms with van der Waals surface area (Å²) in [6.45, 7) is 2.11. The molecular formula is C6H14NO4P. The second-order valence-electron chi connectivity index (χ2n) is 2.13. The SMILES string of the molecule is CCC(=O)OCC(COP)ON. The first-order valence-electron chi connectivity index (χ1n) is 3.57. The molecule has 0 aromatic carbocycles. The van der Waals surface area contributed by atoms with Crippen molar-refractivity contribution in [3.8, 4) is 0 Å². The highest BCUT2D eigenvalue weighted by Crippen LogP contribution is 1.96. The molecule has 0 aliphatic carbocycles. The lowest BCUT2D eigenvalue weighted by atomic mass is 10.4. The Morgan fingerprint density at radius 3 is 2.67 bits per heavy atom. The number of carbonyl (C=O) groups excluding carboxylic acids is 1. The summed E-state index contributed by atoms with van der Waals surface area (Å²) in [5, 5.41) is 0. The van der Waals surface area contributed by atoms with Crippen molar-refractivity contribution in [2.75, 3.05) is 13.2 Å². The van der Waals surface area contributed by atoms with Gasteiger partial charge in [0, 0.05) is 15.9 Å². The van der Waals surface area contributed by atoms with E-state index in [1.165, 1.54) is 0 Å². The van der Waals surface area contributed by atoms with Gasteiger partial charge in [0.25, 0.3) is 0 Å². The molecule has 2 N–H and O–H groups in total. The molecule has 6 heteroatoms. The maximum absolute atomic E-state index is 10.7. The minimum atomic E-state index is -0.405. The van der Waals surface area contributed by atoms with Crippen LogP contribution in [-0.2, 0) is 18.9 Å². The molecule has 12 heavy (non-hydrogen) atoms. The van der Waals surface area contributed by atoms with E-state index in [0.29, 0.717) is 6.42 Å². The molecule has 0 fully saturated rings. The van der Waals surface area contributed by atoms with Gasteiger partial charge in [-0.25, -0.2) is 5.90 Å². The van der Waals surface area contributed by atoms with Crippen LogP contribution in [0.5, 0.6) is 0 Å². The van der Waals surface area contributed by atoms with Gasteiger partial charge in [0.05, 0.1) is 6.61 Å². The fraction of sp³-hybridized carbons (Fsp3) is 0.833. The van der Waals surface area contributed by atoms with Crippen LogP contribution in [0.1, 0.15) is 13.3 Å². The smallest absolute Gasteiger partial charge is 0.305 e. The zero-order valence-corrected chi connectivity index (χ0v) is 8.14. The molecule has 2 unspecified atom stereocenters. The fourth-order valence-corrected chi connectivity index (χ4v) is 0.737. The van der Waals surface area contributed by atoms with Gasteiger partial charge in [-0.1, -0.05) is 6.92 Å². The second-order valence-corrected chi connectivity index (χ2v) is 2.46. The predicted octanol–water partition coefficient (Wildman–Crippen LogP) is 0.00520.